The van der Waals surface area contributed by atoms with Crippen molar-refractivity contribution in [2.75, 3.05) is 0 Å². The van der Waals surface area contributed by atoms with E-state index in [0.29, 0.717) is 10.9 Å². The molecule has 0 amide bonds. The Morgan fingerprint density at radius 1 is 1.45 bits per heavy atom. The van der Waals surface area contributed by atoms with Gasteiger partial charge in [0.05, 0.1) is 11.1 Å². The van der Waals surface area contributed by atoms with Gasteiger partial charge in [-0.1, -0.05) is 32.9 Å². The molecule has 1 heterocycles. The van der Waals surface area contributed by atoms with Gasteiger partial charge in [0.2, 0.25) is 0 Å². The molecular weight excluding hydrogens is 318 g/mol. The van der Waals surface area contributed by atoms with Crippen molar-refractivity contribution in [2.24, 2.45) is 0 Å². The molecule has 0 saturated carbocycles. The number of aromatic nitrogens is 1. The summed E-state index contributed by atoms with van der Waals surface area (Å²) in [6.07, 6.45) is 0.934. The van der Waals surface area contributed by atoms with Gasteiger partial charge >= 0.3 is 5.97 Å². The summed E-state index contributed by atoms with van der Waals surface area (Å²) in [5.41, 5.74) is 2.86. The van der Waals surface area contributed by atoms with Gasteiger partial charge in [0.15, 0.2) is 0 Å². The van der Waals surface area contributed by atoms with Crippen LogP contribution in [0.5, 0.6) is 0 Å². The fourth-order valence-corrected chi connectivity index (χ4v) is 3.95. The normalized spacial score (nSPS) is 20.1. The van der Waals surface area contributed by atoms with E-state index < -0.39 is 5.97 Å². The zero-order chi connectivity index (χ0) is 14.7. The number of rotatable bonds is 1. The molecule has 0 fully saturated rings. The quantitative estimate of drug-likeness (QED) is 0.836. The SMILES string of the molecule is CC1CC(C)(C)c2c1nc1c(Br)cccc1c2C(=O)O. The van der Waals surface area contributed by atoms with E-state index in [1.54, 1.807) is 0 Å². The van der Waals surface area contributed by atoms with Crippen molar-refractivity contribution < 1.29 is 9.90 Å². The van der Waals surface area contributed by atoms with Crippen LogP contribution in [0.3, 0.4) is 0 Å². The van der Waals surface area contributed by atoms with E-state index in [9.17, 15) is 9.90 Å². The van der Waals surface area contributed by atoms with Gasteiger partial charge in [-0.3, -0.25) is 4.98 Å². The van der Waals surface area contributed by atoms with Gasteiger partial charge in [0, 0.05) is 15.6 Å². The minimum atomic E-state index is -0.867. The maximum atomic E-state index is 11.8. The average Bonchev–Trinajstić information content (AvgIpc) is 2.58. The number of nitrogens with zero attached hydrogens (tertiary/aromatic N) is 1. The van der Waals surface area contributed by atoms with Gasteiger partial charge in [-0.15, -0.1) is 0 Å². The number of hydrogen-bond donors (Lipinski definition) is 1. The van der Waals surface area contributed by atoms with E-state index in [2.05, 4.69) is 36.7 Å². The number of aromatic carboxylic acids is 1. The van der Waals surface area contributed by atoms with Gasteiger partial charge in [0.1, 0.15) is 0 Å². The highest BCUT2D eigenvalue weighted by Crippen LogP contribution is 2.48. The van der Waals surface area contributed by atoms with E-state index in [-0.39, 0.29) is 11.3 Å². The first kappa shape index (κ1) is 13.6. The van der Waals surface area contributed by atoms with Crippen LogP contribution in [-0.4, -0.2) is 16.1 Å². The monoisotopic (exact) mass is 333 g/mol. The summed E-state index contributed by atoms with van der Waals surface area (Å²) in [5.74, 6) is -0.580. The summed E-state index contributed by atoms with van der Waals surface area (Å²) in [6, 6.07) is 5.60. The predicted octanol–water partition coefficient (Wildman–Crippen LogP) is 4.48. The Morgan fingerprint density at radius 3 is 2.80 bits per heavy atom. The second-order valence-electron chi connectivity index (χ2n) is 6.18. The van der Waals surface area contributed by atoms with Crippen molar-refractivity contribution in [1.82, 2.24) is 4.98 Å². The summed E-state index contributed by atoms with van der Waals surface area (Å²) in [4.78, 5) is 16.6. The largest absolute Gasteiger partial charge is 0.478 e. The number of para-hydroxylation sites is 1. The van der Waals surface area contributed by atoms with Crippen molar-refractivity contribution in [3.63, 3.8) is 0 Å². The van der Waals surface area contributed by atoms with Gasteiger partial charge in [-0.05, 0) is 45.3 Å². The number of fused-ring (bicyclic) bond motifs is 2. The van der Waals surface area contributed by atoms with Gasteiger partial charge in [0.25, 0.3) is 0 Å². The van der Waals surface area contributed by atoms with Crippen LogP contribution in [0, 0.1) is 0 Å². The second kappa shape index (κ2) is 4.29. The lowest BCUT2D eigenvalue weighted by Crippen LogP contribution is -2.18. The molecule has 20 heavy (non-hydrogen) atoms. The fourth-order valence-electron chi connectivity index (χ4n) is 3.50. The Labute approximate surface area is 126 Å². The van der Waals surface area contributed by atoms with Crippen molar-refractivity contribution in [2.45, 2.75) is 38.5 Å². The van der Waals surface area contributed by atoms with E-state index in [0.717, 1.165) is 27.7 Å². The molecule has 0 spiro atoms. The van der Waals surface area contributed by atoms with Crippen molar-refractivity contribution in [3.8, 4) is 0 Å². The molecule has 1 unspecified atom stereocenters. The van der Waals surface area contributed by atoms with Gasteiger partial charge < -0.3 is 5.11 Å². The number of carbonyl (C=O) groups is 1. The minimum Gasteiger partial charge on any atom is -0.478 e. The predicted molar refractivity (Wildman–Crippen MR) is 82.5 cm³/mol. The molecule has 4 heteroatoms. The van der Waals surface area contributed by atoms with Crippen molar-refractivity contribution in [1.29, 1.82) is 0 Å². The van der Waals surface area contributed by atoms with Gasteiger partial charge in [-0.2, -0.15) is 0 Å². The number of pyridine rings is 1. The van der Waals surface area contributed by atoms with Crippen LogP contribution >= 0.6 is 15.9 Å². The smallest absolute Gasteiger partial charge is 0.336 e. The summed E-state index contributed by atoms with van der Waals surface area (Å²) in [5, 5.41) is 10.4. The highest BCUT2D eigenvalue weighted by Gasteiger charge is 2.40. The molecule has 2 aromatic rings. The number of benzene rings is 1. The molecule has 1 aliphatic rings. The van der Waals surface area contributed by atoms with Crippen LogP contribution in [0.15, 0.2) is 22.7 Å². The van der Waals surface area contributed by atoms with Crippen LogP contribution in [0.25, 0.3) is 10.9 Å². The average molecular weight is 334 g/mol. The summed E-state index contributed by atoms with van der Waals surface area (Å²) >= 11 is 3.48. The zero-order valence-corrected chi connectivity index (χ0v) is 13.3. The first-order valence-electron chi connectivity index (χ1n) is 6.69. The van der Waals surface area contributed by atoms with E-state index in [1.165, 1.54) is 0 Å². The molecule has 0 radical (unpaired) electrons. The van der Waals surface area contributed by atoms with Gasteiger partial charge in [-0.25, -0.2) is 4.79 Å². The second-order valence-corrected chi connectivity index (χ2v) is 7.03. The Kier molecular flexibility index (Phi) is 2.91. The Balaban J connectivity index is 2.53. The minimum absolute atomic E-state index is 0.147. The Hall–Kier alpha value is -1.42. The third-order valence-electron chi connectivity index (χ3n) is 4.17. The number of carboxylic acids is 1. The molecular formula is C16H16BrNO2. The topological polar surface area (TPSA) is 50.2 Å². The molecule has 0 bridgehead atoms. The fraction of sp³-hybridized carbons (Fsp3) is 0.375. The Bertz CT molecular complexity index is 737. The lowest BCUT2D eigenvalue weighted by atomic mass is 9.83. The molecule has 0 aliphatic heterocycles. The van der Waals surface area contributed by atoms with Crippen LogP contribution in [0.1, 0.15) is 54.7 Å². The summed E-state index contributed by atoms with van der Waals surface area (Å²) < 4.78 is 0.845. The van der Waals surface area contributed by atoms with E-state index in [1.807, 2.05) is 18.2 Å². The van der Waals surface area contributed by atoms with Crippen molar-refractivity contribution in [3.05, 3.63) is 39.5 Å². The molecule has 1 atom stereocenters. The zero-order valence-electron chi connectivity index (χ0n) is 11.7. The van der Waals surface area contributed by atoms with Crippen LogP contribution in [0.2, 0.25) is 0 Å². The van der Waals surface area contributed by atoms with Crippen LogP contribution < -0.4 is 0 Å². The molecule has 1 N–H and O–H groups in total. The summed E-state index contributed by atoms with van der Waals surface area (Å²) in [7, 11) is 0. The van der Waals surface area contributed by atoms with Crippen LogP contribution in [0.4, 0.5) is 0 Å². The third kappa shape index (κ3) is 1.78. The molecule has 1 aromatic carbocycles. The third-order valence-corrected chi connectivity index (χ3v) is 4.81. The van der Waals surface area contributed by atoms with Crippen molar-refractivity contribution >= 4 is 32.8 Å². The first-order valence-corrected chi connectivity index (χ1v) is 7.48. The number of halogens is 1. The molecule has 1 aromatic heterocycles. The van der Waals surface area contributed by atoms with Crippen LogP contribution in [-0.2, 0) is 5.41 Å². The summed E-state index contributed by atoms with van der Waals surface area (Å²) in [6.45, 7) is 6.33. The molecule has 3 rings (SSSR count). The standard InChI is InChI=1S/C16H16BrNO2/c1-8-7-16(2,3)12-11(15(19)20)9-5-4-6-10(17)14(9)18-13(8)12/h4-6,8H,7H2,1-3H3,(H,19,20). The number of hydrogen-bond acceptors (Lipinski definition) is 2. The highest BCUT2D eigenvalue weighted by atomic mass is 79.9. The first-order chi connectivity index (χ1) is 9.33. The lowest BCUT2D eigenvalue weighted by molar-refractivity contribution is 0.0696. The maximum absolute atomic E-state index is 11.8. The molecule has 3 nitrogen and oxygen atoms in total. The maximum Gasteiger partial charge on any atom is 0.336 e. The molecule has 104 valence electrons. The Morgan fingerprint density at radius 2 is 2.15 bits per heavy atom. The highest BCUT2D eigenvalue weighted by molar-refractivity contribution is 9.10. The lowest BCUT2D eigenvalue weighted by Gasteiger charge is -2.21. The van der Waals surface area contributed by atoms with E-state index >= 15 is 0 Å². The number of carboxylic acid groups (broad SMARTS) is 1. The molecule has 1 aliphatic carbocycles. The van der Waals surface area contributed by atoms with E-state index in [4.69, 9.17) is 4.98 Å². The molecule has 0 saturated heterocycles.